The van der Waals surface area contributed by atoms with Crippen LogP contribution in [0.5, 0.6) is 0 Å². The van der Waals surface area contributed by atoms with Crippen LogP contribution in [0.3, 0.4) is 0 Å². The Bertz CT molecular complexity index is 482. The normalized spacial score (nSPS) is 26.5. The van der Waals surface area contributed by atoms with Crippen molar-refractivity contribution in [3.63, 3.8) is 0 Å². The fourth-order valence-corrected chi connectivity index (χ4v) is 4.31. The van der Waals surface area contributed by atoms with Crippen molar-refractivity contribution in [1.82, 2.24) is 4.90 Å². The Morgan fingerprint density at radius 2 is 2.37 bits per heavy atom. The van der Waals surface area contributed by atoms with Crippen LogP contribution >= 0.6 is 11.3 Å². The van der Waals surface area contributed by atoms with E-state index < -0.39 is 0 Å². The maximum Gasteiger partial charge on any atom is 0.264 e. The number of amides is 1. The summed E-state index contributed by atoms with van der Waals surface area (Å²) in [5.41, 5.74) is 1.39. The lowest BCUT2D eigenvalue weighted by Gasteiger charge is -2.19. The van der Waals surface area contributed by atoms with Gasteiger partial charge in [-0.3, -0.25) is 4.79 Å². The van der Waals surface area contributed by atoms with Crippen LogP contribution < -0.4 is 0 Å². The van der Waals surface area contributed by atoms with E-state index in [2.05, 4.69) is 13.0 Å². The number of aryl methyl sites for hydroxylation is 1. The van der Waals surface area contributed by atoms with Gasteiger partial charge in [0.1, 0.15) is 0 Å². The average Bonchev–Trinajstić information content (AvgIpc) is 3.02. The molecule has 2 aliphatic rings. The Hall–Kier alpha value is -0.870. The van der Waals surface area contributed by atoms with Gasteiger partial charge in [-0.25, -0.2) is 0 Å². The molecule has 0 bridgehead atoms. The second-order valence-electron chi connectivity index (χ2n) is 5.77. The molecule has 1 aliphatic carbocycles. The molecule has 1 N–H and O–H groups in total. The molecule has 1 aliphatic heterocycles. The van der Waals surface area contributed by atoms with E-state index >= 15 is 0 Å². The van der Waals surface area contributed by atoms with Gasteiger partial charge in [-0.15, -0.1) is 11.3 Å². The summed E-state index contributed by atoms with van der Waals surface area (Å²) >= 11 is 1.67. The highest BCUT2D eigenvalue weighted by atomic mass is 32.1. The summed E-state index contributed by atoms with van der Waals surface area (Å²) in [6, 6.07) is 2.11. The highest BCUT2D eigenvalue weighted by molar-refractivity contribution is 7.14. The van der Waals surface area contributed by atoms with Gasteiger partial charge in [0.15, 0.2) is 0 Å². The van der Waals surface area contributed by atoms with Crippen molar-refractivity contribution in [1.29, 1.82) is 0 Å². The fraction of sp³-hybridized carbons (Fsp3) is 0.667. The SMILES string of the molecule is CCC1CCc2sc(C(=O)N3CC[C@@H](O)C3)cc2C1. The van der Waals surface area contributed by atoms with Gasteiger partial charge in [-0.2, -0.15) is 0 Å². The van der Waals surface area contributed by atoms with Crippen LogP contribution in [0.15, 0.2) is 6.07 Å². The van der Waals surface area contributed by atoms with Gasteiger partial charge in [0.05, 0.1) is 11.0 Å². The number of fused-ring (bicyclic) bond motifs is 1. The maximum absolute atomic E-state index is 12.4. The average molecular weight is 279 g/mol. The Kier molecular flexibility index (Phi) is 3.63. The summed E-state index contributed by atoms with van der Waals surface area (Å²) in [5.74, 6) is 0.905. The monoisotopic (exact) mass is 279 g/mol. The van der Waals surface area contributed by atoms with Crippen LogP contribution in [0.1, 0.15) is 46.3 Å². The Morgan fingerprint density at radius 1 is 1.53 bits per heavy atom. The standard InChI is InChI=1S/C15H21NO2S/c1-2-10-3-4-13-11(7-10)8-14(19-13)15(18)16-6-5-12(17)9-16/h8,10,12,17H,2-7,9H2,1H3/t10?,12-/m1/s1. The molecule has 0 spiro atoms. The number of β-amino-alcohol motifs (C(OH)–C–C–N with tert-alkyl or cyclic N) is 1. The lowest BCUT2D eigenvalue weighted by Crippen LogP contribution is -2.28. The summed E-state index contributed by atoms with van der Waals surface area (Å²) < 4.78 is 0. The first-order valence-corrected chi connectivity index (χ1v) is 8.08. The van der Waals surface area contributed by atoms with E-state index in [1.54, 1.807) is 16.2 Å². The largest absolute Gasteiger partial charge is 0.391 e. The zero-order valence-electron chi connectivity index (χ0n) is 11.4. The molecule has 1 saturated heterocycles. The van der Waals surface area contributed by atoms with E-state index in [1.807, 2.05) is 0 Å². The smallest absolute Gasteiger partial charge is 0.264 e. The molecule has 2 heterocycles. The molecule has 3 rings (SSSR count). The molecular weight excluding hydrogens is 258 g/mol. The molecule has 4 heteroatoms. The van der Waals surface area contributed by atoms with Gasteiger partial charge in [0.2, 0.25) is 0 Å². The number of likely N-dealkylation sites (tertiary alicyclic amines) is 1. The quantitative estimate of drug-likeness (QED) is 0.903. The Balaban J connectivity index is 1.76. The van der Waals surface area contributed by atoms with E-state index in [-0.39, 0.29) is 12.0 Å². The molecule has 2 atom stereocenters. The number of aliphatic hydroxyl groups excluding tert-OH is 1. The molecule has 3 nitrogen and oxygen atoms in total. The van der Waals surface area contributed by atoms with Gasteiger partial charge in [-0.1, -0.05) is 13.3 Å². The molecule has 1 amide bonds. The third-order valence-electron chi connectivity index (χ3n) is 4.42. The third-order valence-corrected chi connectivity index (χ3v) is 5.65. The molecule has 19 heavy (non-hydrogen) atoms. The van der Waals surface area contributed by atoms with Crippen molar-refractivity contribution in [3.8, 4) is 0 Å². The number of hydrogen-bond donors (Lipinski definition) is 1. The summed E-state index contributed by atoms with van der Waals surface area (Å²) in [6.07, 6.45) is 5.15. The zero-order chi connectivity index (χ0) is 13.4. The van der Waals surface area contributed by atoms with Crippen LogP contribution in [0.25, 0.3) is 0 Å². The van der Waals surface area contributed by atoms with Crippen molar-refractivity contribution in [2.24, 2.45) is 5.92 Å². The minimum Gasteiger partial charge on any atom is -0.391 e. The maximum atomic E-state index is 12.4. The molecule has 0 radical (unpaired) electrons. The molecule has 0 aromatic carbocycles. The van der Waals surface area contributed by atoms with Crippen LogP contribution in [-0.2, 0) is 12.8 Å². The van der Waals surface area contributed by atoms with Crippen molar-refractivity contribution >= 4 is 17.2 Å². The first-order valence-electron chi connectivity index (χ1n) is 7.26. The van der Waals surface area contributed by atoms with Crippen LogP contribution in [-0.4, -0.2) is 35.1 Å². The molecule has 1 aromatic rings. The molecule has 1 unspecified atom stereocenters. The summed E-state index contributed by atoms with van der Waals surface area (Å²) in [7, 11) is 0. The van der Waals surface area contributed by atoms with Crippen LogP contribution in [0.2, 0.25) is 0 Å². The molecular formula is C15H21NO2S. The summed E-state index contributed by atoms with van der Waals surface area (Å²) in [5, 5.41) is 9.53. The first kappa shape index (κ1) is 13.1. The number of carbonyl (C=O) groups excluding carboxylic acids is 1. The minimum atomic E-state index is -0.331. The molecule has 1 fully saturated rings. The van der Waals surface area contributed by atoms with E-state index in [1.165, 1.54) is 23.3 Å². The van der Waals surface area contributed by atoms with Gasteiger partial charge < -0.3 is 10.0 Å². The number of hydrogen-bond acceptors (Lipinski definition) is 3. The molecule has 104 valence electrons. The highest BCUT2D eigenvalue weighted by Gasteiger charge is 2.28. The van der Waals surface area contributed by atoms with Crippen molar-refractivity contribution in [2.75, 3.05) is 13.1 Å². The highest BCUT2D eigenvalue weighted by Crippen LogP contribution is 2.34. The lowest BCUT2D eigenvalue weighted by molar-refractivity contribution is 0.0769. The molecule has 0 saturated carbocycles. The lowest BCUT2D eigenvalue weighted by atomic mass is 9.87. The Labute approximate surface area is 118 Å². The van der Waals surface area contributed by atoms with Crippen LogP contribution in [0.4, 0.5) is 0 Å². The second kappa shape index (κ2) is 5.25. The number of rotatable bonds is 2. The van der Waals surface area contributed by atoms with Crippen molar-refractivity contribution in [3.05, 3.63) is 21.4 Å². The minimum absolute atomic E-state index is 0.115. The third kappa shape index (κ3) is 2.56. The first-order chi connectivity index (χ1) is 9.17. The van der Waals surface area contributed by atoms with Crippen molar-refractivity contribution in [2.45, 2.75) is 45.1 Å². The van der Waals surface area contributed by atoms with Crippen molar-refractivity contribution < 1.29 is 9.90 Å². The Morgan fingerprint density at radius 3 is 3.05 bits per heavy atom. The fourth-order valence-electron chi connectivity index (χ4n) is 3.14. The second-order valence-corrected chi connectivity index (χ2v) is 6.91. The van der Waals surface area contributed by atoms with E-state index in [0.717, 1.165) is 30.1 Å². The summed E-state index contributed by atoms with van der Waals surface area (Å²) in [6.45, 7) is 3.44. The van der Waals surface area contributed by atoms with Gasteiger partial charge >= 0.3 is 0 Å². The van der Waals surface area contributed by atoms with E-state index in [0.29, 0.717) is 13.1 Å². The predicted molar refractivity (Wildman–Crippen MR) is 76.7 cm³/mol. The number of thiophene rings is 1. The topological polar surface area (TPSA) is 40.5 Å². The summed E-state index contributed by atoms with van der Waals surface area (Å²) in [4.78, 5) is 16.5. The van der Waals surface area contributed by atoms with Crippen LogP contribution in [0, 0.1) is 5.92 Å². The number of carbonyl (C=O) groups is 1. The predicted octanol–water partition coefficient (Wildman–Crippen LogP) is 2.47. The van der Waals surface area contributed by atoms with E-state index in [9.17, 15) is 9.90 Å². The van der Waals surface area contributed by atoms with Gasteiger partial charge in [-0.05, 0) is 43.2 Å². The van der Waals surface area contributed by atoms with E-state index in [4.69, 9.17) is 0 Å². The molecule has 1 aromatic heterocycles. The zero-order valence-corrected chi connectivity index (χ0v) is 12.2. The van der Waals surface area contributed by atoms with Gasteiger partial charge in [0, 0.05) is 18.0 Å². The van der Waals surface area contributed by atoms with Gasteiger partial charge in [0.25, 0.3) is 5.91 Å². The number of aliphatic hydroxyl groups is 1. The number of nitrogens with zero attached hydrogens (tertiary/aromatic N) is 1.